The third-order valence-corrected chi connectivity index (χ3v) is 3.63. The van der Waals surface area contributed by atoms with Gasteiger partial charge in [-0.3, -0.25) is 9.97 Å². The zero-order valence-electron chi connectivity index (χ0n) is 12.4. The van der Waals surface area contributed by atoms with E-state index < -0.39 is 0 Å². The van der Waals surface area contributed by atoms with Gasteiger partial charge in [-0.2, -0.15) is 0 Å². The summed E-state index contributed by atoms with van der Waals surface area (Å²) in [5, 5.41) is 0. The first-order valence-electron chi connectivity index (χ1n) is 6.86. The lowest BCUT2D eigenvalue weighted by Crippen LogP contribution is -2.22. The van der Waals surface area contributed by atoms with Crippen LogP contribution in [0.3, 0.4) is 0 Å². The number of pyridine rings is 2. The van der Waals surface area contributed by atoms with Gasteiger partial charge in [0.25, 0.3) is 0 Å². The Morgan fingerprint density at radius 2 is 1.90 bits per heavy atom. The standard InChI is InChI=1S/C16H22N4/c1-12-10-19-15(13(2)16(12)17)11-20(3)9-6-14-4-7-18-8-5-14/h4-5,7-8,10H,6,9,11H2,1-3H3,(H2,17,19). The molecule has 0 bridgehead atoms. The molecule has 0 saturated carbocycles. The first kappa shape index (κ1) is 14.5. The number of nitrogens with zero attached hydrogens (tertiary/aromatic N) is 3. The minimum atomic E-state index is 0.821. The third kappa shape index (κ3) is 3.54. The summed E-state index contributed by atoms with van der Waals surface area (Å²) in [5.41, 5.74) is 11.4. The average molecular weight is 270 g/mol. The van der Waals surface area contributed by atoms with Gasteiger partial charge in [0.05, 0.1) is 5.69 Å². The van der Waals surface area contributed by atoms with Crippen LogP contribution in [0.2, 0.25) is 0 Å². The van der Waals surface area contributed by atoms with Crippen LogP contribution in [0.5, 0.6) is 0 Å². The van der Waals surface area contributed by atoms with Crippen molar-refractivity contribution in [2.45, 2.75) is 26.8 Å². The van der Waals surface area contributed by atoms with E-state index in [0.29, 0.717) is 0 Å². The molecular weight excluding hydrogens is 248 g/mol. The summed E-state index contributed by atoms with van der Waals surface area (Å²) in [7, 11) is 2.11. The Kier molecular flexibility index (Phi) is 4.69. The van der Waals surface area contributed by atoms with Gasteiger partial charge < -0.3 is 10.6 Å². The van der Waals surface area contributed by atoms with Gasteiger partial charge in [0, 0.05) is 37.4 Å². The maximum absolute atomic E-state index is 6.06. The Labute approximate surface area is 120 Å². The quantitative estimate of drug-likeness (QED) is 0.906. The van der Waals surface area contributed by atoms with E-state index in [2.05, 4.69) is 34.0 Å². The molecule has 0 aliphatic rings. The number of hydrogen-bond acceptors (Lipinski definition) is 4. The van der Waals surface area contributed by atoms with Gasteiger partial charge in [-0.1, -0.05) is 0 Å². The van der Waals surface area contributed by atoms with Gasteiger partial charge in [-0.15, -0.1) is 0 Å². The predicted octanol–water partition coefficient (Wildman–Crippen LogP) is 2.35. The second-order valence-corrected chi connectivity index (χ2v) is 5.27. The van der Waals surface area contributed by atoms with Crippen molar-refractivity contribution in [2.75, 3.05) is 19.3 Å². The fourth-order valence-electron chi connectivity index (χ4n) is 2.16. The molecule has 0 radical (unpaired) electrons. The topological polar surface area (TPSA) is 55.0 Å². The molecule has 0 aliphatic heterocycles. The Morgan fingerprint density at radius 3 is 2.60 bits per heavy atom. The van der Waals surface area contributed by atoms with E-state index in [1.165, 1.54) is 5.56 Å². The predicted molar refractivity (Wildman–Crippen MR) is 82.4 cm³/mol. The first-order valence-corrected chi connectivity index (χ1v) is 6.86. The molecule has 0 atom stereocenters. The number of rotatable bonds is 5. The van der Waals surface area contributed by atoms with Crippen LogP contribution >= 0.6 is 0 Å². The van der Waals surface area contributed by atoms with Crippen LogP contribution in [-0.2, 0) is 13.0 Å². The van der Waals surface area contributed by atoms with Gasteiger partial charge in [0.2, 0.25) is 0 Å². The van der Waals surface area contributed by atoms with Crippen molar-refractivity contribution in [1.29, 1.82) is 0 Å². The third-order valence-electron chi connectivity index (χ3n) is 3.63. The largest absolute Gasteiger partial charge is 0.398 e. The molecule has 4 nitrogen and oxygen atoms in total. The van der Waals surface area contributed by atoms with Crippen LogP contribution in [0, 0.1) is 13.8 Å². The summed E-state index contributed by atoms with van der Waals surface area (Å²) in [5.74, 6) is 0. The van der Waals surface area contributed by atoms with Crippen LogP contribution in [0.15, 0.2) is 30.7 Å². The average Bonchev–Trinajstić information content (AvgIpc) is 2.47. The minimum absolute atomic E-state index is 0.821. The van der Waals surface area contributed by atoms with Crippen molar-refractivity contribution in [3.63, 3.8) is 0 Å². The van der Waals surface area contributed by atoms with Crippen molar-refractivity contribution in [3.8, 4) is 0 Å². The fraction of sp³-hybridized carbons (Fsp3) is 0.375. The normalized spacial score (nSPS) is 11.0. The van der Waals surface area contributed by atoms with Crippen molar-refractivity contribution >= 4 is 5.69 Å². The molecule has 2 rings (SSSR count). The number of likely N-dealkylation sites (N-methyl/N-ethyl adjacent to an activating group) is 1. The number of anilines is 1. The maximum atomic E-state index is 6.06. The Hall–Kier alpha value is -1.94. The van der Waals surface area contributed by atoms with E-state index in [4.69, 9.17) is 5.73 Å². The number of nitrogen functional groups attached to an aromatic ring is 1. The molecule has 0 saturated heterocycles. The van der Waals surface area contributed by atoms with Gasteiger partial charge in [-0.25, -0.2) is 0 Å². The minimum Gasteiger partial charge on any atom is -0.398 e. The molecule has 0 spiro atoms. The molecule has 0 aromatic carbocycles. The Balaban J connectivity index is 1.95. The fourth-order valence-corrected chi connectivity index (χ4v) is 2.16. The molecule has 0 fully saturated rings. The summed E-state index contributed by atoms with van der Waals surface area (Å²) >= 11 is 0. The van der Waals surface area contributed by atoms with Crippen LogP contribution in [0.1, 0.15) is 22.4 Å². The monoisotopic (exact) mass is 270 g/mol. The SMILES string of the molecule is Cc1cnc(CN(C)CCc2ccncc2)c(C)c1N. The summed E-state index contributed by atoms with van der Waals surface area (Å²) < 4.78 is 0. The smallest absolute Gasteiger partial charge is 0.0593 e. The first-order chi connectivity index (χ1) is 9.58. The molecule has 0 amide bonds. The van der Waals surface area contributed by atoms with Crippen LogP contribution in [0.4, 0.5) is 5.69 Å². The Morgan fingerprint density at radius 1 is 1.20 bits per heavy atom. The lowest BCUT2D eigenvalue weighted by Gasteiger charge is -2.18. The second kappa shape index (κ2) is 6.48. The lowest BCUT2D eigenvalue weighted by molar-refractivity contribution is 0.326. The molecule has 2 aromatic rings. The highest BCUT2D eigenvalue weighted by Crippen LogP contribution is 2.18. The van der Waals surface area contributed by atoms with Crippen molar-refractivity contribution < 1.29 is 0 Å². The number of aromatic nitrogens is 2. The maximum Gasteiger partial charge on any atom is 0.0593 e. The van der Waals surface area contributed by atoms with E-state index in [9.17, 15) is 0 Å². The highest BCUT2D eigenvalue weighted by Gasteiger charge is 2.08. The lowest BCUT2D eigenvalue weighted by atomic mass is 10.1. The number of nitrogens with two attached hydrogens (primary N) is 1. The zero-order valence-corrected chi connectivity index (χ0v) is 12.4. The molecule has 2 heterocycles. The molecule has 0 aliphatic carbocycles. The van der Waals surface area contributed by atoms with Crippen molar-refractivity contribution in [2.24, 2.45) is 0 Å². The number of hydrogen-bond donors (Lipinski definition) is 1. The number of aryl methyl sites for hydroxylation is 1. The summed E-state index contributed by atoms with van der Waals surface area (Å²) in [6, 6.07) is 4.11. The molecule has 20 heavy (non-hydrogen) atoms. The van der Waals surface area contributed by atoms with Gasteiger partial charge >= 0.3 is 0 Å². The van der Waals surface area contributed by atoms with Crippen LogP contribution in [-0.4, -0.2) is 28.5 Å². The van der Waals surface area contributed by atoms with E-state index in [0.717, 1.165) is 42.0 Å². The highest BCUT2D eigenvalue weighted by atomic mass is 15.1. The molecule has 2 aromatic heterocycles. The van der Waals surface area contributed by atoms with Crippen molar-refractivity contribution in [3.05, 3.63) is 53.1 Å². The second-order valence-electron chi connectivity index (χ2n) is 5.27. The van der Waals surface area contributed by atoms with E-state index in [-0.39, 0.29) is 0 Å². The molecule has 0 unspecified atom stereocenters. The van der Waals surface area contributed by atoms with E-state index >= 15 is 0 Å². The zero-order chi connectivity index (χ0) is 14.5. The van der Waals surface area contributed by atoms with Gasteiger partial charge in [0.1, 0.15) is 0 Å². The van der Waals surface area contributed by atoms with Crippen LogP contribution in [0.25, 0.3) is 0 Å². The van der Waals surface area contributed by atoms with Gasteiger partial charge in [-0.05, 0) is 56.1 Å². The van der Waals surface area contributed by atoms with Crippen LogP contribution < -0.4 is 5.73 Å². The Bertz CT molecular complexity index is 566. The van der Waals surface area contributed by atoms with Crippen molar-refractivity contribution in [1.82, 2.24) is 14.9 Å². The molecule has 4 heteroatoms. The summed E-state index contributed by atoms with van der Waals surface area (Å²) in [4.78, 5) is 10.8. The summed E-state index contributed by atoms with van der Waals surface area (Å²) in [6.45, 7) is 5.84. The van der Waals surface area contributed by atoms with Gasteiger partial charge in [0.15, 0.2) is 0 Å². The molecule has 106 valence electrons. The molecule has 2 N–H and O–H groups in total. The van der Waals surface area contributed by atoms with E-state index in [1.807, 2.05) is 32.4 Å². The van der Waals surface area contributed by atoms with E-state index in [1.54, 1.807) is 0 Å². The molecular formula is C16H22N4. The summed E-state index contributed by atoms with van der Waals surface area (Å²) in [6.07, 6.45) is 6.54. The highest BCUT2D eigenvalue weighted by molar-refractivity contribution is 5.53.